The molecule has 2 N–H and O–H groups in total. The molecule has 218 valence electrons. The Morgan fingerprint density at radius 3 is 2.27 bits per heavy atom. The van der Waals surface area contributed by atoms with Crippen molar-refractivity contribution in [2.45, 2.75) is 43.8 Å². The van der Waals surface area contributed by atoms with Crippen molar-refractivity contribution in [1.29, 1.82) is 5.26 Å². The number of piperazine rings is 1. The number of alkyl halides is 3. The molecule has 1 saturated heterocycles. The summed E-state index contributed by atoms with van der Waals surface area (Å²) in [5.41, 5.74) is 3.28. The number of aliphatic carboxylic acids is 1. The zero-order chi connectivity index (χ0) is 30.1. The SMILES string of the molecule is Cc1cc(S(=O)(=O)N2CCN(c3nc4cc(C#N)ccc4nc3NC3CC3)CC2)c(C)cc1Cl.O=C(O)C(F)(F)F. The molecule has 41 heavy (non-hydrogen) atoms. The van der Waals surface area contributed by atoms with Gasteiger partial charge in [0.05, 0.1) is 27.6 Å². The van der Waals surface area contributed by atoms with Crippen molar-refractivity contribution in [3.8, 4) is 6.07 Å². The zero-order valence-electron chi connectivity index (χ0n) is 22.0. The van der Waals surface area contributed by atoms with Gasteiger partial charge in [0.1, 0.15) is 0 Å². The quantitative estimate of drug-likeness (QED) is 0.428. The number of hydrogen-bond donors (Lipinski definition) is 2. The number of carboxylic acid groups (broad SMARTS) is 1. The van der Waals surface area contributed by atoms with Crippen molar-refractivity contribution < 1.29 is 31.5 Å². The van der Waals surface area contributed by atoms with Crippen LogP contribution < -0.4 is 10.2 Å². The van der Waals surface area contributed by atoms with Gasteiger partial charge in [0.15, 0.2) is 11.6 Å². The summed E-state index contributed by atoms with van der Waals surface area (Å²) in [6, 6.07) is 11.2. The molecule has 1 aliphatic heterocycles. The van der Waals surface area contributed by atoms with Crippen LogP contribution in [0.5, 0.6) is 0 Å². The van der Waals surface area contributed by atoms with E-state index in [1.165, 1.54) is 4.31 Å². The number of aryl methyl sites for hydroxylation is 2. The molecule has 0 bridgehead atoms. The second-order valence-electron chi connectivity index (χ2n) is 9.69. The molecule has 2 aromatic carbocycles. The summed E-state index contributed by atoms with van der Waals surface area (Å²) in [6.07, 6.45) is -2.89. The topological polar surface area (TPSA) is 140 Å². The Bertz CT molecular complexity index is 1630. The van der Waals surface area contributed by atoms with E-state index in [1.54, 1.807) is 31.2 Å². The Balaban J connectivity index is 0.000000493. The maximum absolute atomic E-state index is 13.4. The fraction of sp³-hybridized carbons (Fsp3) is 0.385. The highest BCUT2D eigenvalue weighted by Gasteiger charge is 2.38. The minimum absolute atomic E-state index is 0.300. The van der Waals surface area contributed by atoms with Gasteiger partial charge >= 0.3 is 12.1 Å². The predicted molar refractivity (Wildman–Crippen MR) is 146 cm³/mol. The van der Waals surface area contributed by atoms with Crippen LogP contribution >= 0.6 is 11.6 Å². The first-order valence-electron chi connectivity index (χ1n) is 12.5. The van der Waals surface area contributed by atoms with Crippen molar-refractivity contribution in [2.75, 3.05) is 36.4 Å². The largest absolute Gasteiger partial charge is 0.490 e. The van der Waals surface area contributed by atoms with Gasteiger partial charge in [-0.15, -0.1) is 0 Å². The van der Waals surface area contributed by atoms with Crippen LogP contribution in [0.3, 0.4) is 0 Å². The number of nitrogens with one attached hydrogen (secondary N) is 1. The zero-order valence-corrected chi connectivity index (χ0v) is 23.6. The number of carbonyl (C=O) groups is 1. The second kappa shape index (κ2) is 11.7. The van der Waals surface area contributed by atoms with E-state index in [4.69, 9.17) is 31.5 Å². The van der Waals surface area contributed by atoms with Crippen molar-refractivity contribution in [2.24, 2.45) is 0 Å². The van der Waals surface area contributed by atoms with E-state index in [2.05, 4.69) is 16.3 Å². The number of hydrogen-bond acceptors (Lipinski definition) is 8. The molecule has 5 rings (SSSR count). The van der Waals surface area contributed by atoms with Crippen LogP contribution in [0.2, 0.25) is 5.02 Å². The summed E-state index contributed by atoms with van der Waals surface area (Å²) in [7, 11) is -3.64. The van der Waals surface area contributed by atoms with Gasteiger partial charge in [-0.2, -0.15) is 22.7 Å². The number of nitrogens with zero attached hydrogens (tertiary/aromatic N) is 5. The lowest BCUT2D eigenvalue weighted by Gasteiger charge is -2.35. The number of aromatic nitrogens is 2. The Morgan fingerprint density at radius 1 is 1.07 bits per heavy atom. The molecule has 1 aromatic heterocycles. The molecule has 2 fully saturated rings. The molecule has 15 heteroatoms. The summed E-state index contributed by atoms with van der Waals surface area (Å²) in [5, 5.41) is 20.4. The lowest BCUT2D eigenvalue weighted by Crippen LogP contribution is -2.49. The predicted octanol–water partition coefficient (Wildman–Crippen LogP) is 4.49. The number of carboxylic acids is 1. The Morgan fingerprint density at radius 2 is 1.71 bits per heavy atom. The smallest absolute Gasteiger partial charge is 0.475 e. The van der Waals surface area contributed by atoms with E-state index in [0.29, 0.717) is 70.4 Å². The molecule has 10 nitrogen and oxygen atoms in total. The molecule has 3 aromatic rings. The minimum atomic E-state index is -5.08. The molecule has 0 spiro atoms. The lowest BCUT2D eigenvalue weighted by atomic mass is 10.2. The highest BCUT2D eigenvalue weighted by molar-refractivity contribution is 7.89. The number of anilines is 2. The molecule has 2 heterocycles. The number of nitriles is 1. The molecule has 2 aliphatic rings. The third kappa shape index (κ3) is 6.98. The third-order valence-electron chi connectivity index (χ3n) is 6.55. The van der Waals surface area contributed by atoms with E-state index >= 15 is 0 Å². The normalized spacial score (nSPS) is 16.1. The first-order chi connectivity index (χ1) is 19.2. The van der Waals surface area contributed by atoms with Crippen LogP contribution in [0.15, 0.2) is 35.2 Å². The summed E-state index contributed by atoms with van der Waals surface area (Å²) < 4.78 is 60.0. The number of halogens is 4. The van der Waals surface area contributed by atoms with Gasteiger partial charge in [-0.3, -0.25) is 0 Å². The third-order valence-corrected chi connectivity index (χ3v) is 9.00. The minimum Gasteiger partial charge on any atom is -0.475 e. The molecule has 0 amide bonds. The summed E-state index contributed by atoms with van der Waals surface area (Å²) in [6.45, 7) is 5.23. The lowest BCUT2D eigenvalue weighted by molar-refractivity contribution is -0.192. The highest BCUT2D eigenvalue weighted by Crippen LogP contribution is 2.33. The fourth-order valence-corrected chi connectivity index (χ4v) is 6.10. The monoisotopic (exact) mass is 610 g/mol. The van der Waals surface area contributed by atoms with E-state index in [9.17, 15) is 26.9 Å². The molecule has 0 radical (unpaired) electrons. The van der Waals surface area contributed by atoms with Crippen molar-refractivity contribution in [3.05, 3.63) is 52.0 Å². The van der Waals surface area contributed by atoms with Gasteiger partial charge in [-0.05, 0) is 68.1 Å². The molecular formula is C26H26ClF3N6O4S. The number of fused-ring (bicyclic) bond motifs is 1. The van der Waals surface area contributed by atoms with Gasteiger partial charge in [-0.1, -0.05) is 11.6 Å². The van der Waals surface area contributed by atoms with Gasteiger partial charge < -0.3 is 15.3 Å². The van der Waals surface area contributed by atoms with Crippen LogP contribution in [0, 0.1) is 25.2 Å². The standard InChI is InChI=1S/C24H25ClN6O2S.C2HF3O2/c1-15-12-22(16(2)11-19(15)25)34(32,33)31-9-7-30(8-10-31)24-23(27-18-4-5-18)28-20-6-3-17(14-26)13-21(20)29-24;3-2(4,5)1(6)7/h3,6,11-13,18H,4-5,7-10H2,1-2H3,(H,27,28);(H,6,7). The number of rotatable bonds is 5. The Labute approximate surface area is 239 Å². The number of sulfonamides is 1. The summed E-state index contributed by atoms with van der Waals surface area (Å²) in [4.78, 5) is 20.9. The van der Waals surface area contributed by atoms with Crippen molar-refractivity contribution in [1.82, 2.24) is 14.3 Å². The maximum Gasteiger partial charge on any atom is 0.490 e. The second-order valence-corrected chi connectivity index (χ2v) is 12.0. The molecule has 0 unspecified atom stereocenters. The van der Waals surface area contributed by atoms with Crippen LogP contribution in [0.1, 0.15) is 29.5 Å². The van der Waals surface area contributed by atoms with E-state index in [-0.39, 0.29) is 0 Å². The Kier molecular flexibility index (Phi) is 8.62. The van der Waals surface area contributed by atoms with Crippen LogP contribution in [0.25, 0.3) is 11.0 Å². The number of benzene rings is 2. The van der Waals surface area contributed by atoms with Crippen molar-refractivity contribution >= 4 is 50.3 Å². The average molecular weight is 611 g/mol. The summed E-state index contributed by atoms with van der Waals surface area (Å²) in [5.74, 6) is -1.35. The van der Waals surface area contributed by atoms with Crippen LogP contribution in [0.4, 0.5) is 24.8 Å². The maximum atomic E-state index is 13.4. The van der Waals surface area contributed by atoms with Crippen LogP contribution in [-0.2, 0) is 14.8 Å². The van der Waals surface area contributed by atoms with E-state index < -0.39 is 22.2 Å². The van der Waals surface area contributed by atoms with Gasteiger partial charge in [0.2, 0.25) is 10.0 Å². The van der Waals surface area contributed by atoms with E-state index in [1.807, 2.05) is 13.0 Å². The highest BCUT2D eigenvalue weighted by atomic mass is 35.5. The average Bonchev–Trinajstić information content (AvgIpc) is 3.74. The van der Waals surface area contributed by atoms with Gasteiger partial charge in [0.25, 0.3) is 0 Å². The Hall–Kier alpha value is -3.67. The molecule has 1 saturated carbocycles. The van der Waals surface area contributed by atoms with Crippen LogP contribution in [-0.4, -0.2) is 72.2 Å². The molecular weight excluding hydrogens is 585 g/mol. The first-order valence-corrected chi connectivity index (χ1v) is 14.3. The van der Waals surface area contributed by atoms with Crippen molar-refractivity contribution in [3.63, 3.8) is 0 Å². The fourth-order valence-electron chi connectivity index (χ4n) is 4.16. The summed E-state index contributed by atoms with van der Waals surface area (Å²) >= 11 is 6.17. The molecule has 1 aliphatic carbocycles. The molecule has 0 atom stereocenters. The van der Waals surface area contributed by atoms with Gasteiger partial charge in [0, 0.05) is 37.2 Å². The van der Waals surface area contributed by atoms with Gasteiger partial charge in [-0.25, -0.2) is 23.2 Å². The first kappa shape index (κ1) is 30.3. The van der Waals surface area contributed by atoms with E-state index in [0.717, 1.165) is 23.9 Å².